The molecular formula is C19H23ClN4O3. The number of carbonyl (C=O) groups excluding carboxylic acids is 1. The summed E-state index contributed by atoms with van der Waals surface area (Å²) in [6.45, 7) is 7.27. The summed E-state index contributed by atoms with van der Waals surface area (Å²) >= 11 is 5.78. The van der Waals surface area contributed by atoms with Crippen molar-refractivity contribution in [2.45, 2.75) is 6.92 Å². The minimum absolute atomic E-state index is 0.313. The fourth-order valence-electron chi connectivity index (χ4n) is 2.87. The Hall–Kier alpha value is -2.38. The summed E-state index contributed by atoms with van der Waals surface area (Å²) < 4.78 is 10.8. The molecule has 2 aromatic rings. The van der Waals surface area contributed by atoms with Crippen LogP contribution in [0.15, 0.2) is 36.4 Å². The Kier molecular flexibility index (Phi) is 6.84. The Bertz CT molecular complexity index is 732. The van der Waals surface area contributed by atoms with E-state index >= 15 is 0 Å². The Morgan fingerprint density at radius 3 is 2.44 bits per heavy atom. The number of benzene rings is 1. The van der Waals surface area contributed by atoms with E-state index in [0.29, 0.717) is 23.9 Å². The van der Waals surface area contributed by atoms with E-state index in [2.05, 4.69) is 20.0 Å². The predicted molar refractivity (Wildman–Crippen MR) is 104 cm³/mol. The summed E-state index contributed by atoms with van der Waals surface area (Å²) in [5, 5.41) is 8.43. The standard InChI is InChI=1S/C19H23ClN4O3/c1-2-26-19(25)15-3-5-16(6-4-15)27-14-13-23-9-11-24(12-10-23)18-8-7-17(20)21-22-18/h3-8H,2,9-14H2,1H3. The lowest BCUT2D eigenvalue weighted by Crippen LogP contribution is -2.47. The van der Waals surface area contributed by atoms with E-state index in [-0.39, 0.29) is 5.97 Å². The minimum Gasteiger partial charge on any atom is -0.492 e. The molecule has 0 atom stereocenters. The van der Waals surface area contributed by atoms with Crippen molar-refractivity contribution in [1.29, 1.82) is 0 Å². The number of aromatic nitrogens is 2. The van der Waals surface area contributed by atoms with Gasteiger partial charge in [0.1, 0.15) is 12.4 Å². The van der Waals surface area contributed by atoms with Gasteiger partial charge in [-0.05, 0) is 43.3 Å². The molecule has 144 valence electrons. The van der Waals surface area contributed by atoms with Crippen LogP contribution in [0.2, 0.25) is 5.15 Å². The van der Waals surface area contributed by atoms with Gasteiger partial charge in [0.25, 0.3) is 0 Å². The van der Waals surface area contributed by atoms with Crippen LogP contribution in [0.25, 0.3) is 0 Å². The monoisotopic (exact) mass is 390 g/mol. The molecule has 0 radical (unpaired) electrons. The number of hydrogen-bond acceptors (Lipinski definition) is 7. The molecule has 8 heteroatoms. The molecular weight excluding hydrogens is 368 g/mol. The number of halogens is 1. The molecule has 1 fully saturated rings. The number of ether oxygens (including phenoxy) is 2. The largest absolute Gasteiger partial charge is 0.492 e. The fraction of sp³-hybridized carbons (Fsp3) is 0.421. The lowest BCUT2D eigenvalue weighted by atomic mass is 10.2. The van der Waals surface area contributed by atoms with E-state index in [1.165, 1.54) is 0 Å². The molecule has 1 aliphatic heterocycles. The Labute approximate surface area is 163 Å². The molecule has 0 unspecified atom stereocenters. The highest BCUT2D eigenvalue weighted by Gasteiger charge is 2.18. The molecule has 0 N–H and O–H groups in total. The average Bonchev–Trinajstić information content (AvgIpc) is 2.70. The van der Waals surface area contributed by atoms with E-state index in [1.54, 1.807) is 37.3 Å². The highest BCUT2D eigenvalue weighted by atomic mass is 35.5. The van der Waals surface area contributed by atoms with Crippen LogP contribution in [-0.2, 0) is 4.74 Å². The number of carbonyl (C=O) groups is 1. The molecule has 2 heterocycles. The van der Waals surface area contributed by atoms with E-state index in [4.69, 9.17) is 21.1 Å². The van der Waals surface area contributed by atoms with Crippen molar-refractivity contribution in [3.05, 3.63) is 47.1 Å². The lowest BCUT2D eigenvalue weighted by molar-refractivity contribution is 0.0526. The molecule has 1 aromatic carbocycles. The van der Waals surface area contributed by atoms with Crippen LogP contribution in [0.3, 0.4) is 0 Å². The van der Waals surface area contributed by atoms with Crippen LogP contribution in [0.5, 0.6) is 5.75 Å². The van der Waals surface area contributed by atoms with E-state index in [1.807, 2.05) is 6.07 Å². The first kappa shape index (κ1) is 19.4. The predicted octanol–water partition coefficient (Wildman–Crippen LogP) is 2.51. The third kappa shape index (κ3) is 5.55. The summed E-state index contributed by atoms with van der Waals surface area (Å²) in [6, 6.07) is 10.7. The van der Waals surface area contributed by atoms with Gasteiger partial charge in [-0.25, -0.2) is 4.79 Å². The number of anilines is 1. The molecule has 0 bridgehead atoms. The fourth-order valence-corrected chi connectivity index (χ4v) is 2.97. The third-order valence-corrected chi connectivity index (χ3v) is 4.56. The smallest absolute Gasteiger partial charge is 0.338 e. The second kappa shape index (κ2) is 9.53. The zero-order valence-corrected chi connectivity index (χ0v) is 16.1. The van der Waals surface area contributed by atoms with Gasteiger partial charge in [-0.15, -0.1) is 10.2 Å². The Morgan fingerprint density at radius 2 is 1.81 bits per heavy atom. The van der Waals surface area contributed by atoms with Gasteiger partial charge in [-0.1, -0.05) is 11.6 Å². The molecule has 1 aromatic heterocycles. The van der Waals surface area contributed by atoms with Gasteiger partial charge in [0.2, 0.25) is 0 Å². The number of nitrogens with zero attached hydrogens (tertiary/aromatic N) is 4. The summed E-state index contributed by atoms with van der Waals surface area (Å²) in [5.74, 6) is 1.29. The van der Waals surface area contributed by atoms with Crippen molar-refractivity contribution >= 4 is 23.4 Å². The zero-order valence-electron chi connectivity index (χ0n) is 15.3. The average molecular weight is 391 g/mol. The van der Waals surface area contributed by atoms with E-state index in [0.717, 1.165) is 44.3 Å². The quantitative estimate of drug-likeness (QED) is 0.673. The Morgan fingerprint density at radius 1 is 1.07 bits per heavy atom. The number of esters is 1. The summed E-state index contributed by atoms with van der Waals surface area (Å²) in [5.41, 5.74) is 0.533. The van der Waals surface area contributed by atoms with Crippen molar-refractivity contribution in [3.63, 3.8) is 0 Å². The number of piperazine rings is 1. The van der Waals surface area contributed by atoms with Gasteiger partial charge in [0.15, 0.2) is 11.0 Å². The van der Waals surface area contributed by atoms with Gasteiger partial charge >= 0.3 is 5.97 Å². The second-order valence-corrected chi connectivity index (χ2v) is 6.52. The first-order valence-corrected chi connectivity index (χ1v) is 9.40. The Balaban J connectivity index is 1.39. The van der Waals surface area contributed by atoms with Crippen molar-refractivity contribution < 1.29 is 14.3 Å². The molecule has 7 nitrogen and oxygen atoms in total. The van der Waals surface area contributed by atoms with Crippen LogP contribution < -0.4 is 9.64 Å². The zero-order chi connectivity index (χ0) is 19.1. The van der Waals surface area contributed by atoms with Gasteiger partial charge in [-0.3, -0.25) is 4.90 Å². The maximum Gasteiger partial charge on any atom is 0.338 e. The van der Waals surface area contributed by atoms with Gasteiger partial charge in [0, 0.05) is 32.7 Å². The highest BCUT2D eigenvalue weighted by Crippen LogP contribution is 2.15. The SMILES string of the molecule is CCOC(=O)c1ccc(OCCN2CCN(c3ccc(Cl)nn3)CC2)cc1. The first-order valence-electron chi connectivity index (χ1n) is 9.02. The molecule has 1 aliphatic rings. The molecule has 0 aliphatic carbocycles. The van der Waals surface area contributed by atoms with Crippen molar-refractivity contribution in [2.75, 3.05) is 50.8 Å². The summed E-state index contributed by atoms with van der Waals surface area (Å²) in [6.07, 6.45) is 0. The minimum atomic E-state index is -0.313. The first-order chi connectivity index (χ1) is 13.2. The van der Waals surface area contributed by atoms with Crippen LogP contribution >= 0.6 is 11.6 Å². The van der Waals surface area contributed by atoms with Gasteiger partial charge in [-0.2, -0.15) is 0 Å². The van der Waals surface area contributed by atoms with Gasteiger partial charge in [0.05, 0.1) is 12.2 Å². The molecule has 1 saturated heterocycles. The molecule has 0 spiro atoms. The second-order valence-electron chi connectivity index (χ2n) is 6.14. The van der Waals surface area contributed by atoms with Crippen LogP contribution in [0.1, 0.15) is 17.3 Å². The van der Waals surface area contributed by atoms with Crippen molar-refractivity contribution in [2.24, 2.45) is 0 Å². The molecule has 0 amide bonds. The summed E-state index contributed by atoms with van der Waals surface area (Å²) in [4.78, 5) is 16.2. The topological polar surface area (TPSA) is 67.8 Å². The molecule has 3 rings (SSSR count). The highest BCUT2D eigenvalue weighted by molar-refractivity contribution is 6.29. The van der Waals surface area contributed by atoms with Crippen LogP contribution in [0, 0.1) is 0 Å². The van der Waals surface area contributed by atoms with E-state index in [9.17, 15) is 4.79 Å². The third-order valence-electron chi connectivity index (χ3n) is 4.36. The normalized spacial score (nSPS) is 14.8. The number of rotatable bonds is 7. The van der Waals surface area contributed by atoms with Crippen LogP contribution in [-0.4, -0.2) is 67.0 Å². The van der Waals surface area contributed by atoms with E-state index < -0.39 is 0 Å². The number of hydrogen-bond donors (Lipinski definition) is 0. The van der Waals surface area contributed by atoms with Crippen molar-refractivity contribution in [1.82, 2.24) is 15.1 Å². The maximum atomic E-state index is 11.6. The maximum absolute atomic E-state index is 11.6. The van der Waals surface area contributed by atoms with Gasteiger partial charge < -0.3 is 14.4 Å². The lowest BCUT2D eigenvalue weighted by Gasteiger charge is -2.35. The molecule has 0 saturated carbocycles. The van der Waals surface area contributed by atoms with Crippen LogP contribution in [0.4, 0.5) is 5.82 Å². The van der Waals surface area contributed by atoms with Crippen molar-refractivity contribution in [3.8, 4) is 5.75 Å². The molecule has 27 heavy (non-hydrogen) atoms. The summed E-state index contributed by atoms with van der Waals surface area (Å²) in [7, 11) is 0.